The van der Waals surface area contributed by atoms with Crippen LogP contribution in [0.3, 0.4) is 0 Å². The van der Waals surface area contributed by atoms with Crippen molar-refractivity contribution in [2.45, 2.75) is 61.8 Å². The van der Waals surface area contributed by atoms with Crippen LogP contribution in [0.2, 0.25) is 0 Å². The first-order chi connectivity index (χ1) is 12.5. The van der Waals surface area contributed by atoms with Crippen LogP contribution >= 0.6 is 0 Å². The monoisotopic (exact) mass is 388 g/mol. The molecule has 162 valence electrons. The number of carboxylic acid groups (broad SMARTS) is 2. The van der Waals surface area contributed by atoms with Crippen LogP contribution in [0.25, 0.3) is 0 Å². The Kier molecular flexibility index (Phi) is 18.8. The van der Waals surface area contributed by atoms with Gasteiger partial charge in [0.15, 0.2) is 0 Å². The van der Waals surface area contributed by atoms with E-state index in [0.29, 0.717) is 0 Å². The zero-order valence-electron chi connectivity index (χ0n) is 19.1. The summed E-state index contributed by atoms with van der Waals surface area (Å²) in [6, 6.07) is 0. The highest BCUT2D eigenvalue weighted by molar-refractivity contribution is 5.89. The third kappa shape index (κ3) is 13.4. The summed E-state index contributed by atoms with van der Waals surface area (Å²) in [4.78, 5) is 19.4. The fourth-order valence-electron chi connectivity index (χ4n) is 2.93. The first-order valence-electron chi connectivity index (χ1n) is 10.3. The van der Waals surface area contributed by atoms with E-state index in [1.165, 1.54) is 61.3 Å². The van der Waals surface area contributed by atoms with Crippen molar-refractivity contribution in [1.82, 2.24) is 0 Å². The first kappa shape index (κ1) is 30.3. The molecule has 6 heteroatoms. The number of carbonyl (C=O) groups is 2. The number of hydrogen-bond acceptors (Lipinski definition) is 4. The van der Waals surface area contributed by atoms with Crippen molar-refractivity contribution in [2.75, 3.05) is 52.4 Å². The largest absolute Gasteiger partial charge is 0.550 e. The number of rotatable bonds is 11. The Hall–Kier alpha value is -1.40. The van der Waals surface area contributed by atoms with E-state index in [2.05, 4.69) is 62.0 Å². The maximum Gasteiger partial charge on any atom is 0.0757 e. The van der Waals surface area contributed by atoms with E-state index < -0.39 is 23.9 Å². The SMILES string of the molecule is C=C(CC(=O)[O-])C(=O)[O-].CC[N+](CC)(CC)CC.CC[N+](CC)(CC)CC. The molecule has 0 unspecified atom stereocenters. The summed E-state index contributed by atoms with van der Waals surface area (Å²) in [6.45, 7) is 31.4. The molecule has 0 saturated carbocycles. The number of hydrogen-bond donors (Lipinski definition) is 0. The Bertz CT molecular complexity index is 359. The predicted molar refractivity (Wildman–Crippen MR) is 109 cm³/mol. The van der Waals surface area contributed by atoms with Gasteiger partial charge in [0.25, 0.3) is 0 Å². The lowest BCUT2D eigenvalue weighted by atomic mass is 10.2. The number of nitrogens with zero attached hydrogens (tertiary/aromatic N) is 2. The zero-order valence-corrected chi connectivity index (χ0v) is 19.1. The van der Waals surface area contributed by atoms with E-state index in [-0.39, 0.29) is 0 Å². The molecular formula is C21H44N2O4. The summed E-state index contributed by atoms with van der Waals surface area (Å²) < 4.78 is 2.56. The summed E-state index contributed by atoms with van der Waals surface area (Å²) >= 11 is 0. The highest BCUT2D eigenvalue weighted by atomic mass is 16.4. The molecule has 0 aliphatic heterocycles. The topological polar surface area (TPSA) is 80.3 Å². The van der Waals surface area contributed by atoms with Gasteiger partial charge in [-0.25, -0.2) is 0 Å². The Morgan fingerprint density at radius 1 is 0.630 bits per heavy atom. The van der Waals surface area contributed by atoms with Crippen LogP contribution in [-0.4, -0.2) is 73.3 Å². The van der Waals surface area contributed by atoms with Gasteiger partial charge < -0.3 is 28.8 Å². The van der Waals surface area contributed by atoms with E-state index in [1.54, 1.807) is 0 Å². The molecule has 0 saturated heterocycles. The lowest BCUT2D eigenvalue weighted by Crippen LogP contribution is -2.47. The van der Waals surface area contributed by atoms with Gasteiger partial charge in [0.05, 0.1) is 58.3 Å². The van der Waals surface area contributed by atoms with Gasteiger partial charge in [0.2, 0.25) is 0 Å². The summed E-state index contributed by atoms with van der Waals surface area (Å²) in [5.41, 5.74) is -0.477. The van der Waals surface area contributed by atoms with E-state index in [0.717, 1.165) is 0 Å². The van der Waals surface area contributed by atoms with Crippen LogP contribution in [0, 0.1) is 0 Å². The minimum absolute atomic E-state index is 0.477. The Labute approximate surface area is 167 Å². The maximum atomic E-state index is 9.73. The number of carboxylic acids is 2. The summed E-state index contributed by atoms with van der Waals surface area (Å²) in [6.07, 6.45) is -0.678. The summed E-state index contributed by atoms with van der Waals surface area (Å²) in [5, 5.41) is 19.4. The van der Waals surface area contributed by atoms with E-state index in [4.69, 9.17) is 0 Å². The van der Waals surface area contributed by atoms with Crippen LogP contribution in [0.5, 0.6) is 0 Å². The van der Waals surface area contributed by atoms with Gasteiger partial charge in [-0.2, -0.15) is 0 Å². The van der Waals surface area contributed by atoms with E-state index in [1.807, 2.05) is 0 Å². The highest BCUT2D eigenvalue weighted by Gasteiger charge is 2.16. The average Bonchev–Trinajstić information content (AvgIpc) is 2.67. The van der Waals surface area contributed by atoms with Crippen molar-refractivity contribution in [3.05, 3.63) is 12.2 Å². The Morgan fingerprint density at radius 2 is 0.852 bits per heavy atom. The molecule has 0 heterocycles. The molecule has 0 spiro atoms. The van der Waals surface area contributed by atoms with Crippen LogP contribution in [-0.2, 0) is 9.59 Å². The molecule has 0 aliphatic rings. The van der Waals surface area contributed by atoms with Crippen molar-refractivity contribution >= 4 is 11.9 Å². The smallest absolute Gasteiger partial charge is 0.0757 e. The lowest BCUT2D eigenvalue weighted by Gasteiger charge is -2.34. The second-order valence-electron chi connectivity index (χ2n) is 6.65. The Morgan fingerprint density at radius 3 is 0.889 bits per heavy atom. The van der Waals surface area contributed by atoms with Crippen LogP contribution in [0.1, 0.15) is 61.8 Å². The minimum atomic E-state index is -1.56. The fourth-order valence-corrected chi connectivity index (χ4v) is 2.93. The molecule has 27 heavy (non-hydrogen) atoms. The van der Waals surface area contributed by atoms with Crippen LogP contribution < -0.4 is 10.2 Å². The minimum Gasteiger partial charge on any atom is -0.550 e. The number of quaternary nitrogens is 2. The molecule has 0 radical (unpaired) electrons. The number of carbonyl (C=O) groups excluding carboxylic acids is 2. The summed E-state index contributed by atoms with van der Waals surface area (Å²) in [5.74, 6) is -3.02. The molecule has 0 aromatic rings. The summed E-state index contributed by atoms with van der Waals surface area (Å²) in [7, 11) is 0. The van der Waals surface area contributed by atoms with Gasteiger partial charge >= 0.3 is 0 Å². The number of aliphatic carboxylic acids is 2. The third-order valence-electron chi connectivity index (χ3n) is 6.01. The third-order valence-corrected chi connectivity index (χ3v) is 6.01. The Balaban J connectivity index is -0.000000320. The van der Waals surface area contributed by atoms with Gasteiger partial charge in [-0.1, -0.05) is 6.58 Å². The predicted octanol–water partition coefficient (Wildman–Crippen LogP) is 1.20. The second kappa shape index (κ2) is 16.8. The molecule has 0 bridgehead atoms. The average molecular weight is 389 g/mol. The normalized spacial score (nSPS) is 10.8. The van der Waals surface area contributed by atoms with E-state index in [9.17, 15) is 19.8 Å². The molecule has 0 amide bonds. The first-order valence-corrected chi connectivity index (χ1v) is 10.3. The van der Waals surface area contributed by atoms with Gasteiger partial charge in [0.1, 0.15) is 0 Å². The maximum absolute atomic E-state index is 9.73. The van der Waals surface area contributed by atoms with Crippen molar-refractivity contribution in [1.29, 1.82) is 0 Å². The molecule has 0 aliphatic carbocycles. The lowest BCUT2D eigenvalue weighted by molar-refractivity contribution is -0.921. The molecule has 0 aromatic carbocycles. The molecule has 0 atom stereocenters. The fraction of sp³-hybridized carbons (Fsp3) is 0.810. The molecule has 0 aromatic heterocycles. The molecule has 6 nitrogen and oxygen atoms in total. The van der Waals surface area contributed by atoms with Crippen molar-refractivity contribution in [3.8, 4) is 0 Å². The van der Waals surface area contributed by atoms with Gasteiger partial charge in [-0.05, 0) is 61.0 Å². The van der Waals surface area contributed by atoms with Crippen molar-refractivity contribution < 1.29 is 28.8 Å². The second-order valence-corrected chi connectivity index (χ2v) is 6.65. The standard InChI is InChI=1S/2C8H20N.C5H6O4/c2*1-5-9(6-2,7-3)8-4;1-3(5(8)9)2-4(6)7/h2*5-8H2,1-4H3;1-2H2,(H,6,7)(H,8,9)/q2*+1;/p-2. The molecule has 0 fully saturated rings. The van der Waals surface area contributed by atoms with Crippen LogP contribution in [0.15, 0.2) is 12.2 Å². The van der Waals surface area contributed by atoms with Crippen LogP contribution in [0.4, 0.5) is 0 Å². The van der Waals surface area contributed by atoms with E-state index >= 15 is 0 Å². The zero-order chi connectivity index (χ0) is 22.1. The molecule has 0 rings (SSSR count). The quantitative estimate of drug-likeness (QED) is 0.393. The molecule has 0 N–H and O–H groups in total. The van der Waals surface area contributed by atoms with Gasteiger partial charge in [-0.15, -0.1) is 0 Å². The molecular weight excluding hydrogens is 344 g/mol. The van der Waals surface area contributed by atoms with Crippen molar-refractivity contribution in [3.63, 3.8) is 0 Å². The highest BCUT2D eigenvalue weighted by Crippen LogP contribution is 2.04. The van der Waals surface area contributed by atoms with Gasteiger partial charge in [-0.3, -0.25) is 0 Å². The van der Waals surface area contributed by atoms with Crippen molar-refractivity contribution in [2.24, 2.45) is 0 Å². The van der Waals surface area contributed by atoms with Gasteiger partial charge in [0, 0.05) is 12.4 Å².